The Hall–Kier alpha value is -0.950. The summed E-state index contributed by atoms with van der Waals surface area (Å²) in [5.74, 6) is 0.931. The van der Waals surface area contributed by atoms with Crippen molar-refractivity contribution in [2.24, 2.45) is 0 Å². The highest BCUT2D eigenvalue weighted by Crippen LogP contribution is 2.26. The number of hydrogen-bond acceptors (Lipinski definition) is 6. The first-order valence-electron chi connectivity index (χ1n) is 5.17. The van der Waals surface area contributed by atoms with Crippen LogP contribution >= 0.6 is 0 Å². The van der Waals surface area contributed by atoms with Gasteiger partial charge in [-0.2, -0.15) is 4.98 Å². The van der Waals surface area contributed by atoms with E-state index in [-0.39, 0.29) is 17.4 Å². The lowest BCUT2D eigenvalue weighted by molar-refractivity contribution is 0.181. The lowest BCUT2D eigenvalue weighted by atomic mass is 10.1. The first-order chi connectivity index (χ1) is 7.46. The van der Waals surface area contributed by atoms with Crippen LogP contribution in [0.15, 0.2) is 4.52 Å². The van der Waals surface area contributed by atoms with Crippen LogP contribution < -0.4 is 0 Å². The third kappa shape index (κ3) is 2.59. The van der Waals surface area contributed by atoms with Gasteiger partial charge in [0.2, 0.25) is 5.89 Å². The van der Waals surface area contributed by atoms with Crippen molar-refractivity contribution in [3.8, 4) is 0 Å². The maximum absolute atomic E-state index is 11.3. The second kappa shape index (κ2) is 4.14. The Morgan fingerprint density at radius 2 is 2.38 bits per heavy atom. The highest BCUT2D eigenvalue weighted by Gasteiger charge is 2.32. The van der Waals surface area contributed by atoms with E-state index >= 15 is 0 Å². The normalized spacial score (nSPS) is 25.8. The van der Waals surface area contributed by atoms with Crippen molar-refractivity contribution in [1.29, 1.82) is 0 Å². The smallest absolute Gasteiger partial charge is 0.229 e. The van der Waals surface area contributed by atoms with Crippen LogP contribution in [-0.2, 0) is 16.3 Å². The maximum Gasteiger partial charge on any atom is 0.229 e. The molecule has 0 amide bonds. The van der Waals surface area contributed by atoms with Gasteiger partial charge in [-0.1, -0.05) is 5.16 Å². The van der Waals surface area contributed by atoms with Crippen LogP contribution in [0.4, 0.5) is 0 Å². The van der Waals surface area contributed by atoms with Crippen molar-refractivity contribution in [1.82, 2.24) is 10.1 Å². The molecule has 90 valence electrons. The van der Waals surface area contributed by atoms with Crippen molar-refractivity contribution in [3.05, 3.63) is 11.7 Å². The van der Waals surface area contributed by atoms with E-state index < -0.39 is 15.9 Å². The van der Waals surface area contributed by atoms with Gasteiger partial charge < -0.3 is 9.63 Å². The van der Waals surface area contributed by atoms with Crippen LogP contribution in [0.2, 0.25) is 0 Å². The molecule has 1 aromatic rings. The van der Waals surface area contributed by atoms with Gasteiger partial charge in [-0.15, -0.1) is 0 Å². The lowest BCUT2D eigenvalue weighted by Gasteiger charge is -1.98. The van der Waals surface area contributed by atoms with Crippen molar-refractivity contribution in [2.75, 3.05) is 11.5 Å². The Kier molecular flexibility index (Phi) is 2.98. The second-order valence-corrected chi connectivity index (χ2v) is 6.43. The molecule has 1 N–H and O–H groups in total. The molecular formula is C9H14N2O4S. The van der Waals surface area contributed by atoms with E-state index in [1.165, 1.54) is 0 Å². The number of aromatic nitrogens is 2. The van der Waals surface area contributed by atoms with Gasteiger partial charge in [-0.3, -0.25) is 0 Å². The Morgan fingerprint density at radius 1 is 1.62 bits per heavy atom. The third-order valence-electron chi connectivity index (χ3n) is 2.55. The standard InChI is InChI=1S/C9H14N2O4S/c1-6(12)4-8-10-9(11-15-8)7-2-3-16(13,14)5-7/h6-7,12H,2-5H2,1H3. The van der Waals surface area contributed by atoms with Gasteiger partial charge in [0.1, 0.15) is 0 Å². The molecule has 2 atom stereocenters. The van der Waals surface area contributed by atoms with E-state index in [1.807, 2.05) is 0 Å². The van der Waals surface area contributed by atoms with E-state index in [0.717, 1.165) is 0 Å². The molecule has 0 spiro atoms. The highest BCUT2D eigenvalue weighted by molar-refractivity contribution is 7.91. The van der Waals surface area contributed by atoms with Gasteiger partial charge in [0.15, 0.2) is 15.7 Å². The molecule has 0 radical (unpaired) electrons. The fraction of sp³-hybridized carbons (Fsp3) is 0.778. The molecule has 2 heterocycles. The minimum atomic E-state index is -2.93. The van der Waals surface area contributed by atoms with Gasteiger partial charge in [0.25, 0.3) is 0 Å². The molecule has 16 heavy (non-hydrogen) atoms. The molecule has 2 rings (SSSR count). The van der Waals surface area contributed by atoms with E-state index in [4.69, 9.17) is 9.63 Å². The van der Waals surface area contributed by atoms with Gasteiger partial charge in [-0.05, 0) is 13.3 Å². The quantitative estimate of drug-likeness (QED) is 0.800. The predicted octanol–water partition coefficient (Wildman–Crippen LogP) is -0.105. The summed E-state index contributed by atoms with van der Waals surface area (Å²) in [6.45, 7) is 1.63. The largest absolute Gasteiger partial charge is 0.393 e. The average Bonchev–Trinajstić information content (AvgIpc) is 2.71. The molecule has 7 heteroatoms. The molecule has 1 fully saturated rings. The SMILES string of the molecule is CC(O)Cc1nc(C2CCS(=O)(=O)C2)no1. The van der Waals surface area contributed by atoms with Crippen LogP contribution in [0.1, 0.15) is 31.0 Å². The van der Waals surface area contributed by atoms with E-state index in [9.17, 15) is 8.42 Å². The van der Waals surface area contributed by atoms with Gasteiger partial charge in [0.05, 0.1) is 24.0 Å². The summed E-state index contributed by atoms with van der Waals surface area (Å²) in [5, 5.41) is 12.9. The van der Waals surface area contributed by atoms with Crippen LogP contribution in [0, 0.1) is 0 Å². The van der Waals surface area contributed by atoms with Crippen LogP contribution in [-0.4, -0.2) is 41.3 Å². The number of nitrogens with zero attached hydrogens (tertiary/aromatic N) is 2. The fourth-order valence-electron chi connectivity index (χ4n) is 1.77. The zero-order valence-electron chi connectivity index (χ0n) is 8.96. The van der Waals surface area contributed by atoms with Crippen molar-refractivity contribution in [3.63, 3.8) is 0 Å². The molecule has 0 saturated carbocycles. The fourth-order valence-corrected chi connectivity index (χ4v) is 3.51. The molecule has 2 unspecified atom stereocenters. The van der Waals surface area contributed by atoms with E-state index in [1.54, 1.807) is 6.92 Å². The molecule has 0 aromatic carbocycles. The number of sulfone groups is 1. The molecule has 1 saturated heterocycles. The molecule has 0 aliphatic carbocycles. The third-order valence-corrected chi connectivity index (χ3v) is 4.32. The first kappa shape index (κ1) is 11.5. The molecule has 1 aliphatic heterocycles. The van der Waals surface area contributed by atoms with Gasteiger partial charge in [0, 0.05) is 5.92 Å². The number of hydrogen-bond donors (Lipinski definition) is 1. The summed E-state index contributed by atoms with van der Waals surface area (Å²) in [5.41, 5.74) is 0. The minimum absolute atomic E-state index is 0.0979. The Morgan fingerprint density at radius 3 is 2.94 bits per heavy atom. The summed E-state index contributed by atoms with van der Waals surface area (Å²) >= 11 is 0. The zero-order chi connectivity index (χ0) is 11.8. The lowest BCUT2D eigenvalue weighted by Crippen LogP contribution is -2.06. The maximum atomic E-state index is 11.3. The topological polar surface area (TPSA) is 93.3 Å². The summed E-state index contributed by atoms with van der Waals surface area (Å²) < 4.78 is 27.5. The Balaban J connectivity index is 2.08. The zero-order valence-corrected chi connectivity index (χ0v) is 9.77. The summed E-state index contributed by atoms with van der Waals surface area (Å²) in [6, 6.07) is 0. The first-order valence-corrected chi connectivity index (χ1v) is 6.99. The van der Waals surface area contributed by atoms with E-state index in [0.29, 0.717) is 24.6 Å². The molecule has 1 aliphatic rings. The molecule has 1 aromatic heterocycles. The molecule has 0 bridgehead atoms. The van der Waals surface area contributed by atoms with Gasteiger partial charge >= 0.3 is 0 Å². The van der Waals surface area contributed by atoms with Crippen LogP contribution in [0.3, 0.4) is 0 Å². The van der Waals surface area contributed by atoms with Crippen molar-refractivity contribution < 1.29 is 18.0 Å². The summed E-state index contributed by atoms with van der Waals surface area (Å²) in [6.07, 6.45) is 0.309. The average molecular weight is 246 g/mol. The number of aliphatic hydroxyl groups excluding tert-OH is 1. The van der Waals surface area contributed by atoms with Crippen molar-refractivity contribution >= 4 is 9.84 Å². The Labute approximate surface area is 93.6 Å². The van der Waals surface area contributed by atoms with Gasteiger partial charge in [-0.25, -0.2) is 8.42 Å². The second-order valence-electron chi connectivity index (χ2n) is 4.20. The number of rotatable bonds is 3. The minimum Gasteiger partial charge on any atom is -0.393 e. The molecule has 6 nitrogen and oxygen atoms in total. The predicted molar refractivity (Wildman–Crippen MR) is 55.7 cm³/mol. The van der Waals surface area contributed by atoms with E-state index in [2.05, 4.69) is 10.1 Å². The monoisotopic (exact) mass is 246 g/mol. The summed E-state index contributed by atoms with van der Waals surface area (Å²) in [7, 11) is -2.93. The van der Waals surface area contributed by atoms with Crippen LogP contribution in [0.5, 0.6) is 0 Å². The Bertz CT molecular complexity index is 466. The number of aliphatic hydroxyl groups is 1. The summed E-state index contributed by atoms with van der Waals surface area (Å²) in [4.78, 5) is 4.10. The van der Waals surface area contributed by atoms with Crippen LogP contribution in [0.25, 0.3) is 0 Å². The molecular weight excluding hydrogens is 232 g/mol. The highest BCUT2D eigenvalue weighted by atomic mass is 32.2. The van der Waals surface area contributed by atoms with Crippen molar-refractivity contribution in [2.45, 2.75) is 31.8 Å².